The van der Waals surface area contributed by atoms with Gasteiger partial charge in [-0.2, -0.15) is 0 Å². The van der Waals surface area contributed by atoms with Crippen LogP contribution in [0.3, 0.4) is 0 Å². The second kappa shape index (κ2) is 4.80. The van der Waals surface area contributed by atoms with Crippen LogP contribution in [0.4, 0.5) is 0 Å². The van der Waals surface area contributed by atoms with Crippen molar-refractivity contribution in [3.8, 4) is 0 Å². The quantitative estimate of drug-likeness (QED) is 0.661. The molecule has 1 aliphatic rings. The van der Waals surface area contributed by atoms with Crippen LogP contribution in [0, 0.1) is 5.41 Å². The Kier molecular flexibility index (Phi) is 3.98. The molecule has 0 saturated carbocycles. The molecule has 1 N–H and O–H groups in total. The van der Waals surface area contributed by atoms with Crippen molar-refractivity contribution in [3.05, 3.63) is 11.6 Å². The molecular formula is C12H22O. The van der Waals surface area contributed by atoms with Crippen LogP contribution in [0.15, 0.2) is 11.6 Å². The molecule has 0 fully saturated rings. The summed E-state index contributed by atoms with van der Waals surface area (Å²) in [5.74, 6) is 0. The predicted octanol–water partition coefficient (Wildman–Crippen LogP) is 3.29. The number of rotatable bonds is 4. The van der Waals surface area contributed by atoms with Gasteiger partial charge >= 0.3 is 0 Å². The van der Waals surface area contributed by atoms with Gasteiger partial charge in [-0.25, -0.2) is 0 Å². The van der Waals surface area contributed by atoms with E-state index in [0.29, 0.717) is 5.41 Å². The fourth-order valence-electron chi connectivity index (χ4n) is 2.27. The molecule has 1 nitrogen and oxygen atoms in total. The molecule has 0 heterocycles. The number of hydrogen-bond donors (Lipinski definition) is 1. The van der Waals surface area contributed by atoms with Gasteiger partial charge in [-0.15, -0.1) is 0 Å². The summed E-state index contributed by atoms with van der Waals surface area (Å²) in [5, 5.41) is 9.08. The van der Waals surface area contributed by atoms with E-state index in [9.17, 15) is 0 Å². The normalized spacial score (nSPS) is 28.7. The molecule has 1 heteroatoms. The van der Waals surface area contributed by atoms with Gasteiger partial charge in [-0.05, 0) is 36.7 Å². The number of unbranched alkanes of at least 4 members (excludes halogenated alkanes) is 1. The van der Waals surface area contributed by atoms with Crippen molar-refractivity contribution in [3.63, 3.8) is 0 Å². The minimum absolute atomic E-state index is 0.266. The molecule has 13 heavy (non-hydrogen) atoms. The van der Waals surface area contributed by atoms with Gasteiger partial charge in [0.1, 0.15) is 0 Å². The van der Waals surface area contributed by atoms with Crippen molar-refractivity contribution in [1.29, 1.82) is 0 Å². The summed E-state index contributed by atoms with van der Waals surface area (Å²) in [6, 6.07) is 0. The lowest BCUT2D eigenvalue weighted by Gasteiger charge is -2.33. The third-order valence-electron chi connectivity index (χ3n) is 3.17. The van der Waals surface area contributed by atoms with E-state index in [0.717, 1.165) is 12.8 Å². The molecule has 0 aromatic heterocycles. The summed E-state index contributed by atoms with van der Waals surface area (Å²) in [6.07, 6.45) is 9.73. The zero-order valence-corrected chi connectivity index (χ0v) is 8.97. The third kappa shape index (κ3) is 3.15. The van der Waals surface area contributed by atoms with Crippen molar-refractivity contribution in [1.82, 2.24) is 0 Å². The summed E-state index contributed by atoms with van der Waals surface area (Å²) in [6.45, 7) is 4.88. The van der Waals surface area contributed by atoms with Gasteiger partial charge in [0, 0.05) is 0 Å². The molecule has 0 aliphatic heterocycles. The summed E-state index contributed by atoms with van der Waals surface area (Å²) in [7, 11) is 0. The number of hydrogen-bond acceptors (Lipinski definition) is 1. The Morgan fingerprint density at radius 1 is 1.54 bits per heavy atom. The summed E-state index contributed by atoms with van der Waals surface area (Å²) >= 11 is 0. The van der Waals surface area contributed by atoms with E-state index in [1.165, 1.54) is 31.3 Å². The molecular weight excluding hydrogens is 160 g/mol. The highest BCUT2D eigenvalue weighted by atomic mass is 16.3. The first-order valence-corrected chi connectivity index (χ1v) is 5.49. The van der Waals surface area contributed by atoms with Crippen LogP contribution >= 0.6 is 0 Å². The third-order valence-corrected chi connectivity index (χ3v) is 3.17. The Hall–Kier alpha value is -0.300. The van der Waals surface area contributed by atoms with Crippen LogP contribution < -0.4 is 0 Å². The van der Waals surface area contributed by atoms with Crippen molar-refractivity contribution in [2.75, 3.05) is 6.61 Å². The highest BCUT2D eigenvalue weighted by molar-refractivity contribution is 5.09. The van der Waals surface area contributed by atoms with Crippen molar-refractivity contribution in [2.24, 2.45) is 5.41 Å². The van der Waals surface area contributed by atoms with E-state index in [-0.39, 0.29) is 6.61 Å². The molecule has 0 unspecified atom stereocenters. The largest absolute Gasteiger partial charge is 0.392 e. The predicted molar refractivity (Wildman–Crippen MR) is 56.7 cm³/mol. The van der Waals surface area contributed by atoms with Crippen LogP contribution in [0.25, 0.3) is 0 Å². The van der Waals surface area contributed by atoms with Gasteiger partial charge in [0.2, 0.25) is 0 Å². The van der Waals surface area contributed by atoms with E-state index in [2.05, 4.69) is 19.9 Å². The first-order chi connectivity index (χ1) is 6.20. The summed E-state index contributed by atoms with van der Waals surface area (Å²) < 4.78 is 0. The molecule has 76 valence electrons. The monoisotopic (exact) mass is 182 g/mol. The lowest BCUT2D eigenvalue weighted by molar-refractivity contribution is 0.229. The number of aliphatic hydroxyl groups excluding tert-OH is 1. The van der Waals surface area contributed by atoms with E-state index >= 15 is 0 Å². The molecule has 0 bridgehead atoms. The fourth-order valence-corrected chi connectivity index (χ4v) is 2.27. The van der Waals surface area contributed by atoms with Crippen molar-refractivity contribution >= 4 is 0 Å². The van der Waals surface area contributed by atoms with Crippen LogP contribution in [-0.2, 0) is 0 Å². The maximum absolute atomic E-state index is 9.08. The molecule has 0 amide bonds. The molecule has 1 atom stereocenters. The van der Waals surface area contributed by atoms with Crippen molar-refractivity contribution in [2.45, 2.75) is 52.4 Å². The van der Waals surface area contributed by atoms with Gasteiger partial charge < -0.3 is 5.11 Å². The molecule has 0 radical (unpaired) electrons. The zero-order chi connectivity index (χ0) is 9.73. The SMILES string of the molecule is CCCC[C@@]1(C)CCC=C(CO)C1. The second-order valence-electron chi connectivity index (χ2n) is 4.65. The van der Waals surface area contributed by atoms with Gasteiger partial charge in [0.05, 0.1) is 6.61 Å². The van der Waals surface area contributed by atoms with Gasteiger partial charge in [-0.3, -0.25) is 0 Å². The van der Waals surface area contributed by atoms with Crippen molar-refractivity contribution < 1.29 is 5.11 Å². The number of allylic oxidation sites excluding steroid dienone is 1. The first-order valence-electron chi connectivity index (χ1n) is 5.49. The summed E-state index contributed by atoms with van der Waals surface area (Å²) in [5.41, 5.74) is 1.73. The Balaban J connectivity index is 2.46. The molecule has 0 aromatic carbocycles. The van der Waals surface area contributed by atoms with E-state index in [1.54, 1.807) is 0 Å². The Morgan fingerprint density at radius 3 is 2.92 bits per heavy atom. The average molecular weight is 182 g/mol. The van der Waals surface area contributed by atoms with Crippen LogP contribution in [0.1, 0.15) is 52.4 Å². The second-order valence-corrected chi connectivity index (χ2v) is 4.65. The van der Waals surface area contributed by atoms with Gasteiger partial charge in [0.25, 0.3) is 0 Å². The van der Waals surface area contributed by atoms with Crippen LogP contribution in [0.2, 0.25) is 0 Å². The average Bonchev–Trinajstić information content (AvgIpc) is 2.15. The van der Waals surface area contributed by atoms with Crippen LogP contribution in [0.5, 0.6) is 0 Å². The van der Waals surface area contributed by atoms with E-state index in [4.69, 9.17) is 5.11 Å². The number of aliphatic hydroxyl groups is 1. The maximum atomic E-state index is 9.08. The molecule has 0 aromatic rings. The van der Waals surface area contributed by atoms with E-state index in [1.807, 2.05) is 0 Å². The highest BCUT2D eigenvalue weighted by Gasteiger charge is 2.26. The van der Waals surface area contributed by atoms with E-state index < -0.39 is 0 Å². The molecule has 1 rings (SSSR count). The Bertz CT molecular complexity index is 184. The highest BCUT2D eigenvalue weighted by Crippen LogP contribution is 2.39. The minimum atomic E-state index is 0.266. The molecule has 0 spiro atoms. The smallest absolute Gasteiger partial charge is 0.0641 e. The molecule has 0 saturated heterocycles. The standard InChI is InChI=1S/C12H22O/c1-3-4-7-12(2)8-5-6-11(9-12)10-13/h6,13H,3-5,7-10H2,1-2H3/t12-/m0/s1. The fraction of sp³-hybridized carbons (Fsp3) is 0.833. The Labute approximate surface area is 81.9 Å². The van der Waals surface area contributed by atoms with Gasteiger partial charge in [0.15, 0.2) is 0 Å². The summed E-state index contributed by atoms with van der Waals surface area (Å²) in [4.78, 5) is 0. The minimum Gasteiger partial charge on any atom is -0.392 e. The topological polar surface area (TPSA) is 20.2 Å². The lowest BCUT2D eigenvalue weighted by Crippen LogP contribution is -2.21. The first kappa shape index (κ1) is 10.8. The molecule has 1 aliphatic carbocycles. The zero-order valence-electron chi connectivity index (χ0n) is 8.97. The lowest BCUT2D eigenvalue weighted by atomic mass is 9.72. The van der Waals surface area contributed by atoms with Crippen LogP contribution in [-0.4, -0.2) is 11.7 Å². The Morgan fingerprint density at radius 2 is 2.31 bits per heavy atom. The maximum Gasteiger partial charge on any atom is 0.0641 e. The van der Waals surface area contributed by atoms with Gasteiger partial charge in [-0.1, -0.05) is 32.8 Å².